The van der Waals surface area contributed by atoms with E-state index in [0.29, 0.717) is 0 Å². The average molecular weight is 274 g/mol. The van der Waals surface area contributed by atoms with Gasteiger partial charge in [-0.1, -0.05) is 50.6 Å². The van der Waals surface area contributed by atoms with Crippen LogP contribution in [0.5, 0.6) is 0 Å². The smallest absolute Gasteiger partial charge is 0.0220 e. The van der Waals surface area contributed by atoms with E-state index >= 15 is 0 Å². The molecule has 1 aliphatic rings. The summed E-state index contributed by atoms with van der Waals surface area (Å²) in [7, 11) is 0. The van der Waals surface area contributed by atoms with Crippen LogP contribution in [0, 0.1) is 0 Å². The van der Waals surface area contributed by atoms with Gasteiger partial charge in [-0.05, 0) is 43.8 Å². The SMILES string of the molecule is CCCNCC(CCC)N1CCC(c2ccccc2)C1. The normalized spacial score (nSPS) is 21.2. The summed E-state index contributed by atoms with van der Waals surface area (Å²) < 4.78 is 0. The molecule has 0 saturated carbocycles. The first-order chi connectivity index (χ1) is 9.85. The Morgan fingerprint density at radius 2 is 2.00 bits per heavy atom. The van der Waals surface area contributed by atoms with Crippen LogP contribution in [-0.4, -0.2) is 37.1 Å². The van der Waals surface area contributed by atoms with Crippen LogP contribution < -0.4 is 5.32 Å². The Morgan fingerprint density at radius 3 is 2.70 bits per heavy atom. The van der Waals surface area contributed by atoms with Crippen molar-refractivity contribution in [2.45, 2.75) is 51.5 Å². The van der Waals surface area contributed by atoms with Gasteiger partial charge in [0.1, 0.15) is 0 Å². The Hall–Kier alpha value is -0.860. The Labute approximate surface area is 124 Å². The highest BCUT2D eigenvalue weighted by Crippen LogP contribution is 2.28. The van der Waals surface area contributed by atoms with Crippen molar-refractivity contribution in [3.63, 3.8) is 0 Å². The molecule has 2 heteroatoms. The number of hydrogen-bond donors (Lipinski definition) is 1. The summed E-state index contributed by atoms with van der Waals surface area (Å²) in [5, 5.41) is 3.61. The molecule has 112 valence electrons. The van der Waals surface area contributed by atoms with E-state index in [1.807, 2.05) is 0 Å². The van der Waals surface area contributed by atoms with E-state index in [1.54, 1.807) is 0 Å². The second-order valence-electron chi connectivity index (χ2n) is 6.04. The fourth-order valence-electron chi connectivity index (χ4n) is 3.31. The van der Waals surface area contributed by atoms with Crippen molar-refractivity contribution < 1.29 is 0 Å². The maximum Gasteiger partial charge on any atom is 0.0220 e. The third kappa shape index (κ3) is 4.32. The molecule has 1 N–H and O–H groups in total. The van der Waals surface area contributed by atoms with Gasteiger partial charge in [-0.3, -0.25) is 4.90 Å². The summed E-state index contributed by atoms with van der Waals surface area (Å²) in [4.78, 5) is 2.71. The van der Waals surface area contributed by atoms with E-state index in [0.717, 1.165) is 25.0 Å². The van der Waals surface area contributed by atoms with Gasteiger partial charge in [0.25, 0.3) is 0 Å². The Morgan fingerprint density at radius 1 is 1.20 bits per heavy atom. The molecule has 1 heterocycles. The second kappa shape index (κ2) is 8.43. The van der Waals surface area contributed by atoms with Crippen molar-refractivity contribution in [2.24, 2.45) is 0 Å². The largest absolute Gasteiger partial charge is 0.315 e. The minimum atomic E-state index is 0.722. The molecule has 1 saturated heterocycles. The Bertz CT molecular complexity index is 363. The molecule has 20 heavy (non-hydrogen) atoms. The van der Waals surface area contributed by atoms with Crippen molar-refractivity contribution >= 4 is 0 Å². The van der Waals surface area contributed by atoms with Gasteiger partial charge in [0.15, 0.2) is 0 Å². The molecule has 0 amide bonds. The van der Waals surface area contributed by atoms with E-state index in [1.165, 1.54) is 44.3 Å². The lowest BCUT2D eigenvalue weighted by Crippen LogP contribution is -2.41. The van der Waals surface area contributed by atoms with Gasteiger partial charge in [0, 0.05) is 19.1 Å². The molecule has 1 aromatic rings. The van der Waals surface area contributed by atoms with Crippen LogP contribution in [0.25, 0.3) is 0 Å². The maximum absolute atomic E-state index is 3.61. The van der Waals surface area contributed by atoms with Gasteiger partial charge >= 0.3 is 0 Å². The fourth-order valence-corrected chi connectivity index (χ4v) is 3.31. The average Bonchev–Trinajstić information content (AvgIpc) is 2.97. The fraction of sp³-hybridized carbons (Fsp3) is 0.667. The lowest BCUT2D eigenvalue weighted by Gasteiger charge is -2.28. The first-order valence-corrected chi connectivity index (χ1v) is 8.34. The molecule has 0 bridgehead atoms. The first-order valence-electron chi connectivity index (χ1n) is 8.34. The minimum Gasteiger partial charge on any atom is -0.315 e. The van der Waals surface area contributed by atoms with Crippen LogP contribution in [-0.2, 0) is 0 Å². The number of benzene rings is 1. The minimum absolute atomic E-state index is 0.722. The molecule has 1 fully saturated rings. The third-order valence-electron chi connectivity index (χ3n) is 4.44. The van der Waals surface area contributed by atoms with Crippen LogP contribution in [0.4, 0.5) is 0 Å². The number of rotatable bonds is 8. The summed E-state index contributed by atoms with van der Waals surface area (Å²) in [5.41, 5.74) is 1.52. The quantitative estimate of drug-likeness (QED) is 0.728. The zero-order chi connectivity index (χ0) is 14.2. The van der Waals surface area contributed by atoms with Crippen molar-refractivity contribution in [3.8, 4) is 0 Å². The predicted molar refractivity (Wildman–Crippen MR) is 87.2 cm³/mol. The molecule has 0 aliphatic carbocycles. The molecular formula is C18H30N2. The number of nitrogens with zero attached hydrogens (tertiary/aromatic N) is 1. The zero-order valence-electron chi connectivity index (χ0n) is 13.1. The van der Waals surface area contributed by atoms with Crippen LogP contribution >= 0.6 is 0 Å². The predicted octanol–water partition coefficient (Wildman–Crippen LogP) is 3.64. The van der Waals surface area contributed by atoms with Crippen LogP contribution in [0.15, 0.2) is 30.3 Å². The summed E-state index contributed by atoms with van der Waals surface area (Å²) in [6, 6.07) is 11.8. The lowest BCUT2D eigenvalue weighted by molar-refractivity contribution is 0.220. The molecule has 1 aromatic carbocycles. The lowest BCUT2D eigenvalue weighted by atomic mass is 9.99. The Kier molecular flexibility index (Phi) is 6.55. The molecular weight excluding hydrogens is 244 g/mol. The van der Waals surface area contributed by atoms with E-state index in [9.17, 15) is 0 Å². The van der Waals surface area contributed by atoms with Crippen LogP contribution in [0.2, 0.25) is 0 Å². The molecule has 0 spiro atoms. The number of likely N-dealkylation sites (tertiary alicyclic amines) is 1. The van der Waals surface area contributed by atoms with Gasteiger partial charge in [-0.25, -0.2) is 0 Å². The van der Waals surface area contributed by atoms with Gasteiger partial charge in [0.2, 0.25) is 0 Å². The van der Waals surface area contributed by atoms with Gasteiger partial charge in [-0.2, -0.15) is 0 Å². The number of hydrogen-bond acceptors (Lipinski definition) is 2. The molecule has 1 aliphatic heterocycles. The second-order valence-corrected chi connectivity index (χ2v) is 6.04. The monoisotopic (exact) mass is 274 g/mol. The first kappa shape index (κ1) is 15.5. The summed E-state index contributed by atoms with van der Waals surface area (Å²) in [6.45, 7) is 9.35. The van der Waals surface area contributed by atoms with Crippen LogP contribution in [0.3, 0.4) is 0 Å². The van der Waals surface area contributed by atoms with E-state index in [-0.39, 0.29) is 0 Å². The van der Waals surface area contributed by atoms with Crippen molar-refractivity contribution in [1.29, 1.82) is 0 Å². The molecule has 2 unspecified atom stereocenters. The standard InChI is InChI=1S/C18H30N2/c1-3-8-18(14-19-12-4-2)20-13-11-17(15-20)16-9-6-5-7-10-16/h5-7,9-10,17-19H,3-4,8,11-15H2,1-2H3. The Balaban J connectivity index is 1.88. The van der Waals surface area contributed by atoms with Crippen molar-refractivity contribution in [3.05, 3.63) is 35.9 Å². The van der Waals surface area contributed by atoms with Crippen molar-refractivity contribution in [1.82, 2.24) is 10.2 Å². The third-order valence-corrected chi connectivity index (χ3v) is 4.44. The highest BCUT2D eigenvalue weighted by atomic mass is 15.2. The van der Waals surface area contributed by atoms with Crippen molar-refractivity contribution in [2.75, 3.05) is 26.2 Å². The topological polar surface area (TPSA) is 15.3 Å². The van der Waals surface area contributed by atoms with Gasteiger partial charge < -0.3 is 5.32 Å². The van der Waals surface area contributed by atoms with E-state index in [2.05, 4.69) is 54.4 Å². The van der Waals surface area contributed by atoms with E-state index < -0.39 is 0 Å². The highest BCUT2D eigenvalue weighted by molar-refractivity contribution is 5.21. The van der Waals surface area contributed by atoms with Gasteiger partial charge in [0.05, 0.1) is 0 Å². The number of nitrogens with one attached hydrogen (secondary N) is 1. The van der Waals surface area contributed by atoms with E-state index in [4.69, 9.17) is 0 Å². The molecule has 2 rings (SSSR count). The molecule has 0 aromatic heterocycles. The van der Waals surface area contributed by atoms with Crippen LogP contribution in [0.1, 0.15) is 51.0 Å². The summed E-state index contributed by atoms with van der Waals surface area (Å²) in [5.74, 6) is 0.738. The maximum atomic E-state index is 3.61. The summed E-state index contributed by atoms with van der Waals surface area (Å²) >= 11 is 0. The highest BCUT2D eigenvalue weighted by Gasteiger charge is 2.28. The summed E-state index contributed by atoms with van der Waals surface area (Å²) in [6.07, 6.45) is 5.15. The molecule has 2 atom stereocenters. The molecule has 2 nitrogen and oxygen atoms in total. The van der Waals surface area contributed by atoms with Gasteiger partial charge in [-0.15, -0.1) is 0 Å². The molecule has 0 radical (unpaired) electrons. The zero-order valence-corrected chi connectivity index (χ0v) is 13.1.